The second-order valence-electron chi connectivity index (χ2n) is 23.6. The van der Waals surface area contributed by atoms with Gasteiger partial charge in [0.15, 0.2) is 12.2 Å². The minimum atomic E-state index is -4.94. The van der Waals surface area contributed by atoms with Crippen molar-refractivity contribution in [2.24, 2.45) is 17.8 Å². The van der Waals surface area contributed by atoms with Crippen LogP contribution in [-0.2, 0) is 65.4 Å². The summed E-state index contributed by atoms with van der Waals surface area (Å²) in [4.78, 5) is 71.8. The number of hydrogen-bond acceptors (Lipinski definition) is 15. The van der Waals surface area contributed by atoms with Crippen LogP contribution >= 0.6 is 15.6 Å². The average Bonchev–Trinajstić information content (AvgIpc) is 3.42. The largest absolute Gasteiger partial charge is 0.472 e. The number of ether oxygens (including phenoxy) is 4. The van der Waals surface area contributed by atoms with Gasteiger partial charge in [-0.25, -0.2) is 9.13 Å². The first-order valence-corrected chi connectivity index (χ1v) is 35.4. The van der Waals surface area contributed by atoms with Crippen molar-refractivity contribution in [3.63, 3.8) is 0 Å². The fourth-order valence-corrected chi connectivity index (χ4v) is 10.7. The molecule has 0 aromatic carbocycles. The predicted octanol–water partition coefficient (Wildman–Crippen LogP) is 16.7. The van der Waals surface area contributed by atoms with Crippen LogP contribution in [0.1, 0.15) is 299 Å². The number of hydrogen-bond donors (Lipinski definition) is 3. The first-order chi connectivity index (χ1) is 38.8. The number of phosphoric acid groups is 2. The van der Waals surface area contributed by atoms with Crippen LogP contribution in [-0.4, -0.2) is 96.7 Å². The minimum absolute atomic E-state index is 0.101. The Hall–Kier alpha value is -1.94. The molecule has 0 aliphatic carbocycles. The molecule has 0 aliphatic heterocycles. The maximum absolute atomic E-state index is 12.9. The standard InChI is InChI=1S/C62H120O17P2/c1-8-10-11-26-36-43-59(64)72-49-57(79-62(67)46-39-32-24-22-28-34-41-54(5)6)51-76-80(68,69)74-47-56(63)48-75-81(70,71)77-52-58(50-73-60(65)44-37-30-25-23-29-35-42-55(7)9-2)78-61(66)45-38-31-21-19-17-15-13-12-14-16-18-20-27-33-40-53(3)4/h53-58,63H,8-52H2,1-7H3,(H,68,69)(H,70,71)/t55?,56-,57+,58+/m0/s1. The SMILES string of the molecule is CCCCCCCC(=O)OC[C@H](COP(=O)(O)OC[C@H](O)COP(=O)(O)OC[C@@H](COC(=O)CCCCCCCCC(C)CC)OC(=O)CCCCCCCCCCCCCCCCC(C)C)OC(=O)CCCCCCCCC(C)C. The third-order valence-corrected chi connectivity index (χ3v) is 16.4. The molecule has 0 aromatic rings. The molecule has 0 aromatic heterocycles. The zero-order chi connectivity index (χ0) is 60.3. The molecular formula is C62H120O17P2. The highest BCUT2D eigenvalue weighted by molar-refractivity contribution is 7.47. The van der Waals surface area contributed by atoms with Crippen LogP contribution in [0.3, 0.4) is 0 Å². The van der Waals surface area contributed by atoms with Crippen molar-refractivity contribution in [1.29, 1.82) is 0 Å². The topological polar surface area (TPSA) is 237 Å². The van der Waals surface area contributed by atoms with Crippen molar-refractivity contribution in [2.75, 3.05) is 39.6 Å². The summed E-state index contributed by atoms with van der Waals surface area (Å²) in [6, 6.07) is 0. The molecule has 3 unspecified atom stereocenters. The second-order valence-corrected chi connectivity index (χ2v) is 26.5. The van der Waals surface area contributed by atoms with E-state index in [4.69, 9.17) is 37.0 Å². The Bertz CT molecular complexity index is 1620. The van der Waals surface area contributed by atoms with E-state index in [9.17, 15) is 43.2 Å². The number of carbonyl (C=O) groups is 4. The lowest BCUT2D eigenvalue weighted by molar-refractivity contribution is -0.161. The Labute approximate surface area is 492 Å². The van der Waals surface area contributed by atoms with E-state index in [-0.39, 0.29) is 25.7 Å². The van der Waals surface area contributed by atoms with Crippen molar-refractivity contribution in [1.82, 2.24) is 0 Å². The van der Waals surface area contributed by atoms with E-state index in [1.54, 1.807) is 0 Å². The number of phosphoric ester groups is 2. The summed E-state index contributed by atoms with van der Waals surface area (Å²) in [5.74, 6) is 0.0416. The molecule has 0 fully saturated rings. The van der Waals surface area contributed by atoms with Crippen LogP contribution in [0.15, 0.2) is 0 Å². The summed E-state index contributed by atoms with van der Waals surface area (Å²) in [6.45, 7) is 11.6. The molecule has 0 amide bonds. The number of carbonyl (C=O) groups excluding carboxylic acids is 4. The molecule has 17 nitrogen and oxygen atoms in total. The van der Waals surface area contributed by atoms with Gasteiger partial charge in [0.2, 0.25) is 0 Å². The first kappa shape index (κ1) is 79.1. The Morgan fingerprint density at radius 1 is 0.358 bits per heavy atom. The number of aliphatic hydroxyl groups is 1. The van der Waals surface area contributed by atoms with E-state index in [1.165, 1.54) is 96.3 Å². The molecule has 0 heterocycles. The van der Waals surface area contributed by atoms with Crippen LogP contribution in [0.2, 0.25) is 0 Å². The predicted molar refractivity (Wildman–Crippen MR) is 321 cm³/mol. The molecule has 0 spiro atoms. The molecule has 3 N–H and O–H groups in total. The van der Waals surface area contributed by atoms with E-state index in [1.807, 2.05) is 0 Å². The molecule has 19 heteroatoms. The lowest BCUT2D eigenvalue weighted by Crippen LogP contribution is -2.30. The van der Waals surface area contributed by atoms with E-state index in [0.717, 1.165) is 115 Å². The zero-order valence-corrected chi connectivity index (χ0v) is 54.0. The highest BCUT2D eigenvalue weighted by Gasteiger charge is 2.30. The third-order valence-electron chi connectivity index (χ3n) is 14.5. The van der Waals surface area contributed by atoms with Gasteiger partial charge in [-0.1, -0.05) is 248 Å². The Balaban J connectivity index is 5.15. The summed E-state index contributed by atoms with van der Waals surface area (Å²) in [5.41, 5.74) is 0. The zero-order valence-electron chi connectivity index (χ0n) is 52.2. The van der Waals surface area contributed by atoms with E-state index in [2.05, 4.69) is 48.5 Å². The number of aliphatic hydroxyl groups excluding tert-OH is 1. The van der Waals surface area contributed by atoms with Crippen LogP contribution in [0.25, 0.3) is 0 Å². The van der Waals surface area contributed by atoms with Crippen molar-refractivity contribution in [3.8, 4) is 0 Å². The maximum Gasteiger partial charge on any atom is 0.472 e. The van der Waals surface area contributed by atoms with Gasteiger partial charge < -0.3 is 33.8 Å². The normalized spacial score (nSPS) is 14.8. The van der Waals surface area contributed by atoms with Gasteiger partial charge in [-0.15, -0.1) is 0 Å². The van der Waals surface area contributed by atoms with E-state index in [0.29, 0.717) is 31.6 Å². The fraction of sp³-hybridized carbons (Fsp3) is 0.935. The Kier molecular flexibility index (Phi) is 52.2. The minimum Gasteiger partial charge on any atom is -0.462 e. The Morgan fingerprint density at radius 3 is 0.938 bits per heavy atom. The summed E-state index contributed by atoms with van der Waals surface area (Å²) in [7, 11) is -9.87. The monoisotopic (exact) mass is 1200 g/mol. The van der Waals surface area contributed by atoms with Crippen LogP contribution in [0.4, 0.5) is 0 Å². The van der Waals surface area contributed by atoms with E-state index >= 15 is 0 Å². The van der Waals surface area contributed by atoms with Crippen molar-refractivity contribution in [2.45, 2.75) is 317 Å². The van der Waals surface area contributed by atoms with Crippen molar-refractivity contribution in [3.05, 3.63) is 0 Å². The van der Waals surface area contributed by atoms with Crippen LogP contribution < -0.4 is 0 Å². The number of esters is 4. The number of rotatable bonds is 60. The quantitative estimate of drug-likeness (QED) is 0.0222. The molecule has 6 atom stereocenters. The third kappa shape index (κ3) is 55.7. The van der Waals surface area contributed by atoms with Crippen molar-refractivity contribution >= 4 is 39.5 Å². The molecular weight excluding hydrogens is 1080 g/mol. The molecule has 480 valence electrons. The van der Waals surface area contributed by atoms with Gasteiger partial charge in [-0.05, 0) is 43.4 Å². The van der Waals surface area contributed by atoms with Gasteiger partial charge in [0, 0.05) is 25.7 Å². The molecule has 0 rings (SSSR count). The van der Waals surface area contributed by atoms with Crippen LogP contribution in [0, 0.1) is 17.8 Å². The van der Waals surface area contributed by atoms with Gasteiger partial charge in [-0.2, -0.15) is 0 Å². The molecule has 0 bridgehead atoms. The van der Waals surface area contributed by atoms with Crippen LogP contribution in [0.5, 0.6) is 0 Å². The van der Waals surface area contributed by atoms with Gasteiger partial charge in [0.05, 0.1) is 26.4 Å². The molecule has 0 aliphatic rings. The lowest BCUT2D eigenvalue weighted by Gasteiger charge is -2.21. The Morgan fingerprint density at radius 2 is 0.630 bits per heavy atom. The summed E-state index contributed by atoms with van der Waals surface area (Å²) >= 11 is 0. The maximum atomic E-state index is 12.9. The molecule has 0 saturated heterocycles. The summed E-state index contributed by atoms with van der Waals surface area (Å²) in [6.07, 6.45) is 34.1. The fourth-order valence-electron chi connectivity index (χ4n) is 9.09. The highest BCUT2D eigenvalue weighted by Crippen LogP contribution is 2.45. The average molecular weight is 1200 g/mol. The smallest absolute Gasteiger partial charge is 0.462 e. The summed E-state index contributed by atoms with van der Waals surface area (Å²) < 4.78 is 67.7. The molecule has 0 saturated carbocycles. The lowest BCUT2D eigenvalue weighted by atomic mass is 10.00. The summed E-state index contributed by atoms with van der Waals surface area (Å²) in [5, 5.41) is 10.5. The van der Waals surface area contributed by atoms with Crippen molar-refractivity contribution < 1.29 is 80.2 Å². The van der Waals surface area contributed by atoms with Gasteiger partial charge in [0.1, 0.15) is 19.3 Å². The molecule has 0 radical (unpaired) electrons. The first-order valence-electron chi connectivity index (χ1n) is 32.4. The number of unbranched alkanes of at least 4 members (excludes halogenated alkanes) is 27. The van der Waals surface area contributed by atoms with Gasteiger partial charge in [0.25, 0.3) is 0 Å². The second kappa shape index (κ2) is 53.5. The van der Waals surface area contributed by atoms with Gasteiger partial charge in [-0.3, -0.25) is 37.3 Å². The van der Waals surface area contributed by atoms with E-state index < -0.39 is 97.5 Å². The highest BCUT2D eigenvalue weighted by atomic mass is 31.2. The molecule has 81 heavy (non-hydrogen) atoms. The van der Waals surface area contributed by atoms with Gasteiger partial charge >= 0.3 is 39.5 Å².